The maximum absolute atomic E-state index is 4.33. The Morgan fingerprint density at radius 3 is 2.38 bits per heavy atom. The van der Waals surface area contributed by atoms with Gasteiger partial charge in [-0.3, -0.25) is 0 Å². The highest BCUT2D eigenvalue weighted by Crippen LogP contribution is 2.25. The maximum Gasteiger partial charge on any atom is 0.408 e. The number of anilines is 1. The van der Waals surface area contributed by atoms with E-state index in [9.17, 15) is 0 Å². The minimum absolute atomic E-state index is 0.904. The molecule has 0 atom stereocenters. The predicted octanol–water partition coefficient (Wildman–Crippen LogP) is 4.29. The lowest BCUT2D eigenvalue weighted by Gasteiger charge is -2.28. The van der Waals surface area contributed by atoms with E-state index >= 15 is 0 Å². The van der Waals surface area contributed by atoms with Crippen LogP contribution in [0.4, 0.5) is 16.5 Å². The number of aryl methyl sites for hydroxylation is 2. The number of thiazole rings is 1. The molecule has 1 aromatic heterocycles. The highest BCUT2D eigenvalue weighted by molar-refractivity contribution is 7.14. The molecule has 0 N–H and O–H groups in total. The van der Waals surface area contributed by atoms with Gasteiger partial charge in [0.2, 0.25) is 0 Å². The highest BCUT2D eigenvalue weighted by Gasteiger charge is 2.12. The van der Waals surface area contributed by atoms with Gasteiger partial charge in [-0.2, -0.15) is 0 Å². The number of nitrogens with zero attached hydrogens (tertiary/aromatic N) is 4. The highest BCUT2D eigenvalue weighted by atomic mass is 32.1. The van der Waals surface area contributed by atoms with Crippen molar-refractivity contribution in [3.05, 3.63) is 35.3 Å². The monoisotopic (exact) mass is 301 g/mol. The Labute approximate surface area is 129 Å². The number of hydrogen-bond donors (Lipinski definition) is 0. The number of azo groups is 1. The second-order valence-corrected chi connectivity index (χ2v) is 6.71. The molecule has 1 aliphatic heterocycles. The molecule has 4 nitrogen and oxygen atoms in total. The molecule has 0 unspecified atom stereocenters. The smallest absolute Gasteiger partial charge is 0.372 e. The van der Waals surface area contributed by atoms with E-state index in [0.29, 0.717) is 0 Å². The third-order valence-electron chi connectivity index (χ3n) is 3.75. The molecule has 1 aromatic carbocycles. The Morgan fingerprint density at radius 1 is 1.05 bits per heavy atom. The van der Waals surface area contributed by atoms with Gasteiger partial charge in [-0.1, -0.05) is 0 Å². The number of benzene rings is 1. The number of rotatable bonds is 3. The fourth-order valence-electron chi connectivity index (χ4n) is 2.64. The largest absolute Gasteiger partial charge is 0.408 e. The summed E-state index contributed by atoms with van der Waals surface area (Å²) in [4.78, 5) is 3.69. The molecule has 0 spiro atoms. The molecule has 2 heterocycles. The molecule has 0 aliphatic carbocycles. The standard InChI is InChI=1S/C16H21N4S/c1-13-12-19(2)16(21-13)18-17-14-6-8-15(9-7-14)20-10-4-3-5-11-20/h6-9,12H,3-5,10-11H2,1-2H3/q+1. The van der Waals surface area contributed by atoms with Gasteiger partial charge in [0.05, 0.1) is 12.2 Å². The van der Waals surface area contributed by atoms with Crippen LogP contribution in [0.5, 0.6) is 0 Å². The second-order valence-electron chi connectivity index (χ2n) is 5.50. The van der Waals surface area contributed by atoms with Crippen molar-refractivity contribution in [2.45, 2.75) is 26.2 Å². The van der Waals surface area contributed by atoms with Crippen LogP contribution in [0.15, 0.2) is 40.7 Å². The van der Waals surface area contributed by atoms with E-state index in [1.54, 1.807) is 11.3 Å². The van der Waals surface area contributed by atoms with Gasteiger partial charge in [0.25, 0.3) is 0 Å². The molecule has 5 heteroatoms. The Kier molecular flexibility index (Phi) is 4.29. The van der Waals surface area contributed by atoms with Crippen LogP contribution in [-0.4, -0.2) is 13.1 Å². The maximum atomic E-state index is 4.33. The number of aromatic nitrogens is 1. The SMILES string of the molecule is Cc1c[n+](C)c(/N=N/c2ccc(N3CCCCC3)cc2)s1. The molecule has 1 fully saturated rings. The van der Waals surface area contributed by atoms with Crippen LogP contribution in [-0.2, 0) is 7.05 Å². The van der Waals surface area contributed by atoms with E-state index in [1.807, 2.05) is 23.7 Å². The summed E-state index contributed by atoms with van der Waals surface area (Å²) in [5, 5.41) is 9.59. The van der Waals surface area contributed by atoms with E-state index < -0.39 is 0 Å². The molecule has 0 bridgehead atoms. The van der Waals surface area contributed by atoms with Crippen LogP contribution in [0, 0.1) is 6.92 Å². The fraction of sp³-hybridized carbons (Fsp3) is 0.438. The third-order valence-corrected chi connectivity index (χ3v) is 4.73. The van der Waals surface area contributed by atoms with Crippen LogP contribution < -0.4 is 9.47 Å². The Bertz CT molecular complexity index is 624. The van der Waals surface area contributed by atoms with Gasteiger partial charge in [-0.15, -0.1) is 0 Å². The van der Waals surface area contributed by atoms with E-state index in [0.717, 1.165) is 10.8 Å². The summed E-state index contributed by atoms with van der Waals surface area (Å²) < 4.78 is 2.01. The normalized spacial score (nSPS) is 15.8. The Hall–Kier alpha value is -1.75. The van der Waals surface area contributed by atoms with E-state index in [2.05, 4.69) is 40.4 Å². The zero-order chi connectivity index (χ0) is 14.7. The lowest BCUT2D eigenvalue weighted by atomic mass is 10.1. The number of piperidine rings is 1. The average molecular weight is 301 g/mol. The third kappa shape index (κ3) is 3.47. The molecule has 1 aliphatic rings. The quantitative estimate of drug-likeness (QED) is 0.615. The topological polar surface area (TPSA) is 31.8 Å². The van der Waals surface area contributed by atoms with Crippen molar-refractivity contribution in [1.29, 1.82) is 0 Å². The summed E-state index contributed by atoms with van der Waals surface area (Å²) in [6.07, 6.45) is 6.03. The summed E-state index contributed by atoms with van der Waals surface area (Å²) in [6.45, 7) is 4.42. The van der Waals surface area contributed by atoms with Gasteiger partial charge < -0.3 is 4.90 Å². The van der Waals surface area contributed by atoms with E-state index in [-0.39, 0.29) is 0 Å². The molecular formula is C16H21N4S+. The summed E-state index contributed by atoms with van der Waals surface area (Å²) in [5.41, 5.74) is 2.20. The molecular weight excluding hydrogens is 280 g/mol. The van der Waals surface area contributed by atoms with Crippen molar-refractivity contribution in [3.8, 4) is 0 Å². The second kappa shape index (κ2) is 6.35. The molecule has 0 amide bonds. The summed E-state index contributed by atoms with van der Waals surface area (Å²) in [6, 6.07) is 8.40. The first kappa shape index (κ1) is 14.2. The molecule has 0 radical (unpaired) electrons. The van der Waals surface area contributed by atoms with Crippen molar-refractivity contribution in [3.63, 3.8) is 0 Å². The van der Waals surface area contributed by atoms with Crippen molar-refractivity contribution in [2.75, 3.05) is 18.0 Å². The van der Waals surface area contributed by atoms with Crippen LogP contribution in [0.25, 0.3) is 0 Å². The van der Waals surface area contributed by atoms with Gasteiger partial charge in [-0.05, 0) is 66.9 Å². The van der Waals surface area contributed by atoms with Crippen LogP contribution in [0.2, 0.25) is 0 Å². The first-order valence-corrected chi connectivity index (χ1v) is 8.27. The summed E-state index contributed by atoms with van der Waals surface area (Å²) in [5.74, 6) is 0. The molecule has 3 rings (SSSR count). The minimum Gasteiger partial charge on any atom is -0.372 e. The van der Waals surface area contributed by atoms with Crippen molar-refractivity contribution < 1.29 is 4.57 Å². The van der Waals surface area contributed by atoms with Gasteiger partial charge in [-0.25, -0.2) is 4.57 Å². The lowest BCUT2D eigenvalue weighted by Crippen LogP contribution is -2.29. The Balaban J connectivity index is 1.70. The predicted molar refractivity (Wildman–Crippen MR) is 86.9 cm³/mol. The molecule has 2 aromatic rings. The van der Waals surface area contributed by atoms with Crippen molar-refractivity contribution >= 4 is 27.8 Å². The van der Waals surface area contributed by atoms with Gasteiger partial charge in [0.15, 0.2) is 0 Å². The number of hydrogen-bond acceptors (Lipinski definition) is 4. The van der Waals surface area contributed by atoms with Crippen molar-refractivity contribution in [1.82, 2.24) is 0 Å². The van der Waals surface area contributed by atoms with E-state index in [1.165, 1.54) is 42.9 Å². The van der Waals surface area contributed by atoms with E-state index in [4.69, 9.17) is 0 Å². The van der Waals surface area contributed by atoms with Crippen LogP contribution >= 0.6 is 11.3 Å². The summed E-state index contributed by atoms with van der Waals surface area (Å²) >= 11 is 1.65. The molecule has 21 heavy (non-hydrogen) atoms. The first-order chi connectivity index (χ1) is 10.2. The lowest BCUT2D eigenvalue weighted by molar-refractivity contribution is -0.654. The van der Waals surface area contributed by atoms with Crippen LogP contribution in [0.1, 0.15) is 24.1 Å². The fourth-order valence-corrected chi connectivity index (χ4v) is 3.42. The average Bonchev–Trinajstić information content (AvgIpc) is 2.84. The van der Waals surface area contributed by atoms with Crippen LogP contribution in [0.3, 0.4) is 0 Å². The summed E-state index contributed by atoms with van der Waals surface area (Å²) in [7, 11) is 2.00. The van der Waals surface area contributed by atoms with Gasteiger partial charge in [0.1, 0.15) is 11.9 Å². The molecule has 0 saturated carbocycles. The Morgan fingerprint density at radius 2 is 1.76 bits per heavy atom. The molecule has 110 valence electrons. The minimum atomic E-state index is 0.904. The first-order valence-electron chi connectivity index (χ1n) is 7.45. The van der Waals surface area contributed by atoms with Gasteiger partial charge >= 0.3 is 5.13 Å². The zero-order valence-electron chi connectivity index (χ0n) is 12.6. The molecule has 1 saturated heterocycles. The van der Waals surface area contributed by atoms with Gasteiger partial charge in [0, 0.05) is 23.7 Å². The zero-order valence-corrected chi connectivity index (χ0v) is 13.4. The van der Waals surface area contributed by atoms with Crippen molar-refractivity contribution in [2.24, 2.45) is 17.3 Å².